The zero-order chi connectivity index (χ0) is 13.7. The van der Waals surface area contributed by atoms with E-state index in [4.69, 9.17) is 10.5 Å². The van der Waals surface area contributed by atoms with E-state index in [1.807, 2.05) is 0 Å². The Hall–Kier alpha value is -1.06. The molecule has 1 aromatic carbocycles. The maximum Gasteiger partial charge on any atom is 0.0472 e. The van der Waals surface area contributed by atoms with Crippen LogP contribution < -0.4 is 10.6 Å². The van der Waals surface area contributed by atoms with Crippen molar-refractivity contribution < 1.29 is 4.74 Å². The number of anilines is 1. The second-order valence-electron chi connectivity index (χ2n) is 5.67. The first-order valence-corrected chi connectivity index (χ1v) is 7.28. The fourth-order valence-corrected chi connectivity index (χ4v) is 2.78. The predicted octanol–water partition coefficient (Wildman–Crippen LogP) is 2.58. The number of hydrogen-bond acceptors (Lipinski definition) is 3. The standard InChI is InChI=1S/C16H26N2O/c1-3-18(15-6-4-14(2)5-7-15)13-16(12-17)8-10-19-11-9-16/h4-7H,3,8-13,17H2,1-2H3. The van der Waals surface area contributed by atoms with Crippen molar-refractivity contribution in [2.45, 2.75) is 26.7 Å². The zero-order valence-corrected chi connectivity index (χ0v) is 12.2. The van der Waals surface area contributed by atoms with Gasteiger partial charge in [-0.1, -0.05) is 17.7 Å². The number of aryl methyl sites for hydroxylation is 1. The van der Waals surface area contributed by atoms with Crippen molar-refractivity contribution in [3.63, 3.8) is 0 Å². The average molecular weight is 262 g/mol. The summed E-state index contributed by atoms with van der Waals surface area (Å²) >= 11 is 0. The van der Waals surface area contributed by atoms with Gasteiger partial charge < -0.3 is 15.4 Å². The Bertz CT molecular complexity index is 382. The molecule has 1 aliphatic heterocycles. The van der Waals surface area contributed by atoms with Crippen LogP contribution in [0.5, 0.6) is 0 Å². The van der Waals surface area contributed by atoms with E-state index in [1.54, 1.807) is 0 Å². The summed E-state index contributed by atoms with van der Waals surface area (Å²) in [5.74, 6) is 0. The van der Waals surface area contributed by atoms with E-state index >= 15 is 0 Å². The maximum atomic E-state index is 6.06. The second-order valence-corrected chi connectivity index (χ2v) is 5.67. The molecule has 0 amide bonds. The lowest BCUT2D eigenvalue weighted by Gasteiger charge is -2.40. The van der Waals surface area contributed by atoms with Crippen molar-refractivity contribution >= 4 is 5.69 Å². The van der Waals surface area contributed by atoms with Gasteiger partial charge in [0, 0.05) is 37.4 Å². The van der Waals surface area contributed by atoms with Crippen molar-refractivity contribution in [3.8, 4) is 0 Å². The van der Waals surface area contributed by atoms with Crippen LogP contribution in [0.3, 0.4) is 0 Å². The molecule has 2 rings (SSSR count). The van der Waals surface area contributed by atoms with E-state index in [0.717, 1.165) is 45.7 Å². The van der Waals surface area contributed by atoms with Crippen molar-refractivity contribution in [3.05, 3.63) is 29.8 Å². The van der Waals surface area contributed by atoms with Crippen LogP contribution in [0.4, 0.5) is 5.69 Å². The van der Waals surface area contributed by atoms with Gasteiger partial charge in [0.05, 0.1) is 0 Å². The van der Waals surface area contributed by atoms with E-state index in [2.05, 4.69) is 43.0 Å². The number of rotatable bonds is 5. The van der Waals surface area contributed by atoms with Gasteiger partial charge in [-0.25, -0.2) is 0 Å². The third kappa shape index (κ3) is 3.48. The first-order valence-electron chi connectivity index (χ1n) is 7.28. The van der Waals surface area contributed by atoms with Crippen LogP contribution in [0.1, 0.15) is 25.3 Å². The van der Waals surface area contributed by atoms with Crippen LogP contribution in [0.15, 0.2) is 24.3 Å². The summed E-state index contributed by atoms with van der Waals surface area (Å²) in [6.07, 6.45) is 2.15. The van der Waals surface area contributed by atoms with E-state index in [0.29, 0.717) is 0 Å². The maximum absolute atomic E-state index is 6.06. The summed E-state index contributed by atoms with van der Waals surface area (Å²) in [4.78, 5) is 2.44. The molecule has 1 heterocycles. The van der Waals surface area contributed by atoms with Crippen LogP contribution in [0.25, 0.3) is 0 Å². The monoisotopic (exact) mass is 262 g/mol. The van der Waals surface area contributed by atoms with E-state index in [1.165, 1.54) is 11.3 Å². The van der Waals surface area contributed by atoms with Crippen molar-refractivity contribution in [1.29, 1.82) is 0 Å². The summed E-state index contributed by atoms with van der Waals surface area (Å²) in [6.45, 7) is 8.84. The summed E-state index contributed by atoms with van der Waals surface area (Å²) in [6, 6.07) is 8.78. The molecule has 106 valence electrons. The molecule has 1 aromatic rings. The Balaban J connectivity index is 2.11. The lowest BCUT2D eigenvalue weighted by Crippen LogP contribution is -2.46. The van der Waals surface area contributed by atoms with Crippen molar-refractivity contribution in [2.24, 2.45) is 11.1 Å². The van der Waals surface area contributed by atoms with Crippen LogP contribution >= 0.6 is 0 Å². The van der Waals surface area contributed by atoms with Gasteiger partial charge in [-0.05, 0) is 45.4 Å². The van der Waals surface area contributed by atoms with Gasteiger partial charge in [-0.2, -0.15) is 0 Å². The minimum Gasteiger partial charge on any atom is -0.381 e. The molecule has 0 bridgehead atoms. The third-order valence-corrected chi connectivity index (χ3v) is 4.29. The van der Waals surface area contributed by atoms with E-state index < -0.39 is 0 Å². The molecule has 1 saturated heterocycles. The Morgan fingerprint density at radius 2 is 1.84 bits per heavy atom. The minimum absolute atomic E-state index is 0.221. The Morgan fingerprint density at radius 3 is 2.37 bits per heavy atom. The predicted molar refractivity (Wildman–Crippen MR) is 80.6 cm³/mol. The zero-order valence-electron chi connectivity index (χ0n) is 12.2. The molecule has 1 fully saturated rings. The van der Waals surface area contributed by atoms with Crippen LogP contribution in [0.2, 0.25) is 0 Å². The highest BCUT2D eigenvalue weighted by Gasteiger charge is 2.33. The lowest BCUT2D eigenvalue weighted by atomic mass is 9.79. The normalized spacial score (nSPS) is 18.3. The Labute approximate surface area is 116 Å². The molecule has 1 aliphatic rings. The largest absolute Gasteiger partial charge is 0.381 e. The molecular weight excluding hydrogens is 236 g/mol. The number of ether oxygens (including phenoxy) is 1. The van der Waals surface area contributed by atoms with Crippen LogP contribution in [-0.2, 0) is 4.74 Å². The third-order valence-electron chi connectivity index (χ3n) is 4.29. The fourth-order valence-electron chi connectivity index (χ4n) is 2.78. The van der Waals surface area contributed by atoms with Crippen LogP contribution in [0, 0.1) is 12.3 Å². The number of hydrogen-bond donors (Lipinski definition) is 1. The molecule has 2 N–H and O–H groups in total. The molecule has 3 heteroatoms. The SMILES string of the molecule is CCN(CC1(CN)CCOCC1)c1ccc(C)cc1. The molecule has 0 saturated carbocycles. The van der Waals surface area contributed by atoms with Gasteiger partial charge in [0.1, 0.15) is 0 Å². The lowest BCUT2D eigenvalue weighted by molar-refractivity contribution is 0.0225. The molecule has 0 atom stereocenters. The number of nitrogens with zero attached hydrogens (tertiary/aromatic N) is 1. The van der Waals surface area contributed by atoms with Gasteiger partial charge in [0.25, 0.3) is 0 Å². The molecule has 0 radical (unpaired) electrons. The number of nitrogens with two attached hydrogens (primary N) is 1. The number of benzene rings is 1. The molecule has 0 spiro atoms. The smallest absolute Gasteiger partial charge is 0.0472 e. The van der Waals surface area contributed by atoms with Gasteiger partial charge in [-0.3, -0.25) is 0 Å². The second kappa shape index (κ2) is 6.40. The van der Waals surface area contributed by atoms with E-state index in [-0.39, 0.29) is 5.41 Å². The minimum atomic E-state index is 0.221. The van der Waals surface area contributed by atoms with Gasteiger partial charge in [0.2, 0.25) is 0 Å². The van der Waals surface area contributed by atoms with Gasteiger partial charge in [0.15, 0.2) is 0 Å². The highest BCUT2D eigenvalue weighted by Crippen LogP contribution is 2.32. The molecule has 19 heavy (non-hydrogen) atoms. The highest BCUT2D eigenvalue weighted by molar-refractivity contribution is 5.47. The van der Waals surface area contributed by atoms with Crippen molar-refractivity contribution in [1.82, 2.24) is 0 Å². The quantitative estimate of drug-likeness (QED) is 0.886. The molecule has 3 nitrogen and oxygen atoms in total. The molecular formula is C16H26N2O. The van der Waals surface area contributed by atoms with Crippen molar-refractivity contribution in [2.75, 3.05) is 37.7 Å². The topological polar surface area (TPSA) is 38.5 Å². The fraction of sp³-hybridized carbons (Fsp3) is 0.625. The molecule has 0 unspecified atom stereocenters. The first-order chi connectivity index (χ1) is 9.19. The summed E-state index contributed by atoms with van der Waals surface area (Å²) in [5.41, 5.74) is 8.89. The summed E-state index contributed by atoms with van der Waals surface area (Å²) < 4.78 is 5.49. The summed E-state index contributed by atoms with van der Waals surface area (Å²) in [5, 5.41) is 0. The Morgan fingerprint density at radius 1 is 1.21 bits per heavy atom. The first kappa shape index (κ1) is 14.4. The molecule has 0 aromatic heterocycles. The van der Waals surface area contributed by atoms with Gasteiger partial charge >= 0.3 is 0 Å². The average Bonchev–Trinajstić information content (AvgIpc) is 2.47. The summed E-state index contributed by atoms with van der Waals surface area (Å²) in [7, 11) is 0. The Kier molecular flexibility index (Phi) is 4.83. The van der Waals surface area contributed by atoms with Crippen LogP contribution in [-0.4, -0.2) is 32.8 Å². The highest BCUT2D eigenvalue weighted by atomic mass is 16.5. The van der Waals surface area contributed by atoms with Gasteiger partial charge in [-0.15, -0.1) is 0 Å². The van der Waals surface area contributed by atoms with E-state index in [9.17, 15) is 0 Å². The molecule has 0 aliphatic carbocycles.